The molecule has 0 unspecified atom stereocenters. The zero-order chi connectivity index (χ0) is 14.8. The number of hydrogen-bond acceptors (Lipinski definition) is 5. The number of nitro groups is 1. The van der Waals surface area contributed by atoms with Gasteiger partial charge in [0.05, 0.1) is 4.92 Å². The first-order valence-electron chi connectivity index (χ1n) is 6.46. The summed E-state index contributed by atoms with van der Waals surface area (Å²) in [6, 6.07) is 11.0. The van der Waals surface area contributed by atoms with E-state index in [2.05, 4.69) is 16.4 Å². The summed E-state index contributed by atoms with van der Waals surface area (Å²) >= 11 is 1.67. The number of para-hydroxylation sites is 1. The van der Waals surface area contributed by atoms with Gasteiger partial charge in [-0.15, -0.1) is 11.3 Å². The molecule has 5 nitrogen and oxygen atoms in total. The average molecular weight is 299 g/mol. The van der Waals surface area contributed by atoms with Gasteiger partial charge in [0.1, 0.15) is 0 Å². The number of benzene rings is 1. The van der Waals surface area contributed by atoms with E-state index in [4.69, 9.17) is 0 Å². The molecule has 0 aliphatic rings. The van der Waals surface area contributed by atoms with Crippen LogP contribution < -0.4 is 5.32 Å². The van der Waals surface area contributed by atoms with Crippen LogP contribution in [-0.2, 0) is 6.54 Å². The molecule has 1 N–H and O–H groups in total. The fraction of sp³-hybridized carbons (Fsp3) is 0.133. The van der Waals surface area contributed by atoms with Crippen molar-refractivity contribution >= 4 is 33.6 Å². The van der Waals surface area contributed by atoms with Crippen LogP contribution in [0.1, 0.15) is 10.6 Å². The van der Waals surface area contributed by atoms with Crippen LogP contribution in [0.25, 0.3) is 10.9 Å². The summed E-state index contributed by atoms with van der Waals surface area (Å²) in [7, 11) is 0. The van der Waals surface area contributed by atoms with Crippen LogP contribution in [-0.4, -0.2) is 9.91 Å². The lowest BCUT2D eigenvalue weighted by atomic mass is 10.1. The number of non-ortho nitro benzene ring substituents is 1. The predicted molar refractivity (Wildman–Crippen MR) is 84.8 cm³/mol. The normalized spacial score (nSPS) is 10.7. The molecule has 106 valence electrons. The van der Waals surface area contributed by atoms with E-state index in [0.29, 0.717) is 12.1 Å². The third kappa shape index (κ3) is 2.71. The summed E-state index contributed by atoms with van der Waals surface area (Å²) in [5, 5.41) is 17.3. The van der Waals surface area contributed by atoms with Gasteiger partial charge in [0.15, 0.2) is 5.52 Å². The number of thiophene rings is 1. The van der Waals surface area contributed by atoms with E-state index in [-0.39, 0.29) is 5.69 Å². The van der Waals surface area contributed by atoms with Gasteiger partial charge in [0.2, 0.25) is 0 Å². The van der Waals surface area contributed by atoms with Crippen molar-refractivity contribution < 1.29 is 4.92 Å². The monoisotopic (exact) mass is 299 g/mol. The number of nitrogens with one attached hydrogen (secondary N) is 1. The maximum Gasteiger partial charge on any atom is 0.295 e. The Morgan fingerprint density at radius 3 is 2.90 bits per heavy atom. The minimum absolute atomic E-state index is 0.0374. The summed E-state index contributed by atoms with van der Waals surface area (Å²) in [5.74, 6) is 0. The Hall–Kier alpha value is -2.47. The van der Waals surface area contributed by atoms with Crippen LogP contribution in [0.15, 0.2) is 41.8 Å². The van der Waals surface area contributed by atoms with Crippen molar-refractivity contribution in [3.8, 4) is 0 Å². The van der Waals surface area contributed by atoms with Gasteiger partial charge in [-0.05, 0) is 24.4 Å². The number of rotatable bonds is 4. The topological polar surface area (TPSA) is 68.1 Å². The highest BCUT2D eigenvalue weighted by Gasteiger charge is 2.15. The predicted octanol–water partition coefficient (Wildman–Crippen LogP) is 4.13. The lowest BCUT2D eigenvalue weighted by Gasteiger charge is -2.10. The average Bonchev–Trinajstić information content (AvgIpc) is 2.97. The fourth-order valence-electron chi connectivity index (χ4n) is 2.25. The number of aryl methyl sites for hydroxylation is 1. The largest absolute Gasteiger partial charge is 0.380 e. The van der Waals surface area contributed by atoms with Crippen LogP contribution in [0.5, 0.6) is 0 Å². The summed E-state index contributed by atoms with van der Waals surface area (Å²) in [6.45, 7) is 2.53. The van der Waals surface area contributed by atoms with Crippen LogP contribution in [0, 0.1) is 17.0 Å². The Labute approximate surface area is 125 Å². The maximum atomic E-state index is 11.1. The zero-order valence-corrected chi connectivity index (χ0v) is 12.2. The molecule has 3 rings (SSSR count). The zero-order valence-electron chi connectivity index (χ0n) is 11.4. The molecule has 0 amide bonds. The van der Waals surface area contributed by atoms with E-state index in [1.54, 1.807) is 17.4 Å². The van der Waals surface area contributed by atoms with E-state index in [0.717, 1.165) is 16.8 Å². The molecule has 0 saturated heterocycles. The Balaban J connectivity index is 2.05. The van der Waals surface area contributed by atoms with Gasteiger partial charge in [0.25, 0.3) is 5.69 Å². The highest BCUT2D eigenvalue weighted by atomic mass is 32.1. The molecule has 1 aromatic carbocycles. The Morgan fingerprint density at radius 2 is 2.19 bits per heavy atom. The summed E-state index contributed by atoms with van der Waals surface area (Å²) in [4.78, 5) is 16.3. The molecular formula is C15H13N3O2S. The Morgan fingerprint density at radius 1 is 1.33 bits per heavy atom. The Bertz CT molecular complexity index is 800. The summed E-state index contributed by atoms with van der Waals surface area (Å²) in [5.41, 5.74) is 2.09. The third-order valence-electron chi connectivity index (χ3n) is 3.18. The van der Waals surface area contributed by atoms with Gasteiger partial charge in [-0.3, -0.25) is 10.1 Å². The molecule has 0 aliphatic carbocycles. The maximum absolute atomic E-state index is 11.1. The van der Waals surface area contributed by atoms with E-state index >= 15 is 0 Å². The molecule has 6 heteroatoms. The number of aromatic nitrogens is 1. The number of pyridine rings is 1. The second-order valence-corrected chi connectivity index (χ2v) is 5.71. The molecule has 0 spiro atoms. The number of nitro benzene ring substituents is 1. The second-order valence-electron chi connectivity index (χ2n) is 4.67. The lowest BCUT2D eigenvalue weighted by molar-refractivity contribution is -0.383. The van der Waals surface area contributed by atoms with Crippen LogP contribution >= 0.6 is 11.3 Å². The molecular weight excluding hydrogens is 286 g/mol. The summed E-state index contributed by atoms with van der Waals surface area (Å²) < 4.78 is 0. The quantitative estimate of drug-likeness (QED) is 0.581. The SMILES string of the molecule is Cc1cc(NCc2cccs2)c2cccc([N+](=O)[O-])c2n1. The summed E-state index contributed by atoms with van der Waals surface area (Å²) in [6.07, 6.45) is 0. The first kappa shape index (κ1) is 13.5. The first-order valence-corrected chi connectivity index (χ1v) is 7.34. The highest BCUT2D eigenvalue weighted by Crippen LogP contribution is 2.30. The third-order valence-corrected chi connectivity index (χ3v) is 4.05. The van der Waals surface area contributed by atoms with Gasteiger partial charge >= 0.3 is 0 Å². The Kier molecular flexibility index (Phi) is 3.53. The molecule has 0 radical (unpaired) electrons. The van der Waals surface area contributed by atoms with Crippen molar-refractivity contribution in [3.63, 3.8) is 0 Å². The van der Waals surface area contributed by atoms with Crippen molar-refractivity contribution in [2.75, 3.05) is 5.32 Å². The standard InChI is InChI=1S/C15H13N3O2S/c1-10-8-13(16-9-11-4-3-7-21-11)12-5-2-6-14(18(19)20)15(12)17-10/h2-8H,9H2,1H3,(H,16,17). The van der Waals surface area contributed by atoms with Gasteiger partial charge in [-0.25, -0.2) is 4.98 Å². The van der Waals surface area contributed by atoms with E-state index in [1.165, 1.54) is 10.9 Å². The molecule has 21 heavy (non-hydrogen) atoms. The van der Waals surface area contributed by atoms with Gasteiger partial charge in [-0.1, -0.05) is 18.2 Å². The van der Waals surface area contributed by atoms with Crippen molar-refractivity contribution in [2.45, 2.75) is 13.5 Å². The van der Waals surface area contributed by atoms with Crippen molar-refractivity contribution in [2.24, 2.45) is 0 Å². The first-order chi connectivity index (χ1) is 10.1. The number of hydrogen-bond donors (Lipinski definition) is 1. The van der Waals surface area contributed by atoms with Gasteiger partial charge in [-0.2, -0.15) is 0 Å². The number of fused-ring (bicyclic) bond motifs is 1. The van der Waals surface area contributed by atoms with E-state index in [1.807, 2.05) is 30.5 Å². The van der Waals surface area contributed by atoms with Crippen LogP contribution in [0.2, 0.25) is 0 Å². The van der Waals surface area contributed by atoms with E-state index in [9.17, 15) is 10.1 Å². The molecule has 2 aromatic heterocycles. The second kappa shape index (κ2) is 5.49. The van der Waals surface area contributed by atoms with Crippen molar-refractivity contribution in [3.05, 3.63) is 62.5 Å². The van der Waals surface area contributed by atoms with Gasteiger partial charge < -0.3 is 5.32 Å². The smallest absolute Gasteiger partial charge is 0.295 e. The number of nitrogens with zero attached hydrogens (tertiary/aromatic N) is 2. The number of anilines is 1. The van der Waals surface area contributed by atoms with Crippen molar-refractivity contribution in [1.29, 1.82) is 0 Å². The highest BCUT2D eigenvalue weighted by molar-refractivity contribution is 7.09. The van der Waals surface area contributed by atoms with Crippen LogP contribution in [0.4, 0.5) is 11.4 Å². The lowest BCUT2D eigenvalue weighted by Crippen LogP contribution is -2.01. The van der Waals surface area contributed by atoms with Crippen molar-refractivity contribution in [1.82, 2.24) is 4.98 Å². The molecule has 2 heterocycles. The molecule has 0 bridgehead atoms. The molecule has 0 fully saturated rings. The molecule has 3 aromatic rings. The van der Waals surface area contributed by atoms with Gasteiger partial charge in [0, 0.05) is 34.3 Å². The molecule has 0 atom stereocenters. The molecule has 0 aliphatic heterocycles. The minimum atomic E-state index is -0.391. The van der Waals surface area contributed by atoms with Crippen LogP contribution in [0.3, 0.4) is 0 Å². The van der Waals surface area contributed by atoms with E-state index < -0.39 is 4.92 Å². The fourth-order valence-corrected chi connectivity index (χ4v) is 2.90. The molecule has 0 saturated carbocycles. The minimum Gasteiger partial charge on any atom is -0.380 e.